The van der Waals surface area contributed by atoms with Crippen LogP contribution in [-0.2, 0) is 28.0 Å². The van der Waals surface area contributed by atoms with Crippen molar-refractivity contribution in [3.8, 4) is 0 Å². The molecule has 1 unspecified atom stereocenters. The van der Waals surface area contributed by atoms with E-state index in [1.807, 2.05) is 48.5 Å². The van der Waals surface area contributed by atoms with Crippen LogP contribution in [0.1, 0.15) is 23.8 Å². The second kappa shape index (κ2) is 7.12. The lowest BCUT2D eigenvalue weighted by atomic mass is 9.99. The molecule has 31 heavy (non-hydrogen) atoms. The largest absolute Gasteiger partial charge is 0.466 e. The molecule has 3 aromatic rings. The van der Waals surface area contributed by atoms with Crippen LogP contribution in [0.2, 0.25) is 0 Å². The number of nitrogens with zero attached hydrogens (tertiary/aromatic N) is 2. The van der Waals surface area contributed by atoms with Gasteiger partial charge in [-0.05, 0) is 55.2 Å². The highest BCUT2D eigenvalue weighted by atomic mass is 16.3. The van der Waals surface area contributed by atoms with E-state index in [9.17, 15) is 14.4 Å². The predicted octanol–water partition coefficient (Wildman–Crippen LogP) is 3.51. The number of amides is 4. The second-order valence-corrected chi connectivity index (χ2v) is 7.91. The third kappa shape index (κ3) is 3.01. The van der Waals surface area contributed by atoms with Crippen LogP contribution in [0.5, 0.6) is 0 Å². The minimum atomic E-state index is -1.34. The molecule has 7 nitrogen and oxygen atoms in total. The lowest BCUT2D eigenvalue weighted by molar-refractivity contribution is -0.134. The van der Waals surface area contributed by atoms with E-state index in [1.54, 1.807) is 24.0 Å². The summed E-state index contributed by atoms with van der Waals surface area (Å²) in [4.78, 5) is 41.9. The molecule has 0 saturated carbocycles. The number of carbonyl (C=O) groups is 3. The summed E-state index contributed by atoms with van der Waals surface area (Å²) in [7, 11) is 0. The van der Waals surface area contributed by atoms with Crippen LogP contribution in [0.25, 0.3) is 0 Å². The first-order chi connectivity index (χ1) is 15.0. The Morgan fingerprint density at radius 3 is 2.16 bits per heavy atom. The molecule has 3 heterocycles. The number of aryl methyl sites for hydroxylation is 2. The van der Waals surface area contributed by atoms with Gasteiger partial charge in [-0.2, -0.15) is 0 Å². The molecule has 0 aliphatic carbocycles. The van der Waals surface area contributed by atoms with E-state index in [-0.39, 0.29) is 12.5 Å². The molecule has 4 amide bonds. The van der Waals surface area contributed by atoms with Gasteiger partial charge in [-0.15, -0.1) is 0 Å². The van der Waals surface area contributed by atoms with Crippen LogP contribution in [0.4, 0.5) is 16.2 Å². The van der Waals surface area contributed by atoms with Gasteiger partial charge in [0.05, 0.1) is 17.6 Å². The molecule has 5 rings (SSSR count). The van der Waals surface area contributed by atoms with Crippen molar-refractivity contribution >= 4 is 29.2 Å². The van der Waals surface area contributed by atoms with Gasteiger partial charge in [-0.3, -0.25) is 19.4 Å². The first-order valence-corrected chi connectivity index (χ1v) is 10.2. The zero-order valence-electron chi connectivity index (χ0n) is 17.0. The highest BCUT2D eigenvalue weighted by molar-refractivity contribution is 6.12. The zero-order chi connectivity index (χ0) is 21.6. The Kier molecular flexibility index (Phi) is 4.39. The number of anilines is 2. The van der Waals surface area contributed by atoms with Crippen molar-refractivity contribution in [2.75, 3.05) is 11.4 Å². The molecule has 7 heteroatoms. The molecule has 2 aliphatic heterocycles. The van der Waals surface area contributed by atoms with E-state index >= 15 is 0 Å². The van der Waals surface area contributed by atoms with Gasteiger partial charge in [-0.1, -0.05) is 36.4 Å². The molecule has 156 valence electrons. The van der Waals surface area contributed by atoms with Gasteiger partial charge >= 0.3 is 6.03 Å². The Balaban J connectivity index is 1.50. The predicted molar refractivity (Wildman–Crippen MR) is 114 cm³/mol. The fraction of sp³-hybridized carbons (Fsp3) is 0.208. The maximum Gasteiger partial charge on any atom is 0.325 e. The topological polar surface area (TPSA) is 82.9 Å². The second-order valence-electron chi connectivity index (χ2n) is 7.91. The summed E-state index contributed by atoms with van der Waals surface area (Å²) in [6.45, 7) is 1.21. The molecule has 1 atom stereocenters. The molecule has 1 aromatic heterocycles. The summed E-state index contributed by atoms with van der Waals surface area (Å²) in [5.41, 5.74) is 2.31. The number of benzene rings is 2. The number of nitrogens with one attached hydrogen (secondary N) is 1. The average molecular weight is 415 g/mol. The summed E-state index contributed by atoms with van der Waals surface area (Å²) in [5, 5.41) is 2.66. The lowest BCUT2D eigenvalue weighted by Gasteiger charge is -2.26. The van der Waals surface area contributed by atoms with Gasteiger partial charge in [0, 0.05) is 0 Å². The Labute approximate surface area is 179 Å². The maximum absolute atomic E-state index is 13.5. The maximum atomic E-state index is 13.5. The molecule has 1 saturated heterocycles. The minimum Gasteiger partial charge on any atom is -0.466 e. The fourth-order valence-corrected chi connectivity index (χ4v) is 4.33. The van der Waals surface area contributed by atoms with Gasteiger partial charge < -0.3 is 9.73 Å². The number of furan rings is 1. The van der Waals surface area contributed by atoms with Crippen LogP contribution < -0.4 is 10.2 Å². The van der Waals surface area contributed by atoms with Crippen molar-refractivity contribution in [3.05, 3.63) is 83.8 Å². The van der Waals surface area contributed by atoms with Crippen molar-refractivity contribution in [1.29, 1.82) is 0 Å². The van der Waals surface area contributed by atoms with Gasteiger partial charge in [-0.25, -0.2) is 4.79 Å². The van der Waals surface area contributed by atoms with Crippen LogP contribution >= 0.6 is 0 Å². The van der Waals surface area contributed by atoms with Crippen LogP contribution in [-0.4, -0.2) is 29.3 Å². The Bertz CT molecular complexity index is 1140. The van der Waals surface area contributed by atoms with Gasteiger partial charge in [0.1, 0.15) is 12.3 Å². The quantitative estimate of drug-likeness (QED) is 0.664. The standard InChI is InChI=1S/C24H21N3O4/c1-24(20-11-6-14-31-20)22(29)26(23(30)25-24)15-21(28)27-18-9-4-2-7-16(18)12-13-17-8-3-5-10-19(17)27/h2-11,14H,12-13,15H2,1H3,(H,25,30). The van der Waals surface area contributed by atoms with Gasteiger partial charge in [0.25, 0.3) is 11.8 Å². The van der Waals surface area contributed by atoms with E-state index in [0.717, 1.165) is 40.2 Å². The van der Waals surface area contributed by atoms with Crippen LogP contribution in [0.3, 0.4) is 0 Å². The lowest BCUT2D eigenvalue weighted by Crippen LogP contribution is -2.43. The van der Waals surface area contributed by atoms with Crippen LogP contribution in [0.15, 0.2) is 71.3 Å². The number of imide groups is 1. The molecule has 2 aliphatic rings. The molecular formula is C24H21N3O4. The number of hydrogen-bond acceptors (Lipinski definition) is 4. The summed E-state index contributed by atoms with van der Waals surface area (Å²) >= 11 is 0. The van der Waals surface area contributed by atoms with Crippen molar-refractivity contribution in [1.82, 2.24) is 10.2 Å². The Morgan fingerprint density at radius 1 is 0.968 bits per heavy atom. The summed E-state index contributed by atoms with van der Waals surface area (Å²) in [6.07, 6.45) is 3.05. The van der Waals surface area contributed by atoms with Crippen molar-refractivity contribution in [3.63, 3.8) is 0 Å². The number of fused-ring (bicyclic) bond motifs is 2. The molecule has 0 radical (unpaired) electrons. The third-order valence-electron chi connectivity index (χ3n) is 5.96. The van der Waals surface area contributed by atoms with Gasteiger partial charge in [0.2, 0.25) is 0 Å². The molecular weight excluding hydrogens is 394 g/mol. The Morgan fingerprint density at radius 2 is 1.58 bits per heavy atom. The van der Waals surface area contributed by atoms with E-state index < -0.39 is 17.5 Å². The minimum absolute atomic E-state index is 0.325. The first kappa shape index (κ1) is 19.1. The summed E-state index contributed by atoms with van der Waals surface area (Å²) in [6, 6.07) is 18.1. The molecule has 0 bridgehead atoms. The van der Waals surface area contributed by atoms with E-state index in [1.165, 1.54) is 6.26 Å². The highest BCUT2D eigenvalue weighted by Gasteiger charge is 2.51. The number of urea groups is 1. The Hall–Kier alpha value is -3.87. The van der Waals surface area contributed by atoms with Gasteiger partial charge in [0.15, 0.2) is 5.54 Å². The van der Waals surface area contributed by atoms with Crippen molar-refractivity contribution in [2.24, 2.45) is 0 Å². The molecule has 1 N–H and O–H groups in total. The smallest absolute Gasteiger partial charge is 0.325 e. The van der Waals surface area contributed by atoms with E-state index in [2.05, 4.69) is 5.32 Å². The number of para-hydroxylation sites is 2. The molecule has 1 fully saturated rings. The molecule has 0 spiro atoms. The van der Waals surface area contributed by atoms with Crippen molar-refractivity contribution < 1.29 is 18.8 Å². The van der Waals surface area contributed by atoms with E-state index in [4.69, 9.17) is 4.42 Å². The highest BCUT2D eigenvalue weighted by Crippen LogP contribution is 2.36. The molecule has 2 aromatic carbocycles. The average Bonchev–Trinajstić information content (AvgIpc) is 3.34. The monoisotopic (exact) mass is 415 g/mol. The zero-order valence-corrected chi connectivity index (χ0v) is 17.0. The SMILES string of the molecule is CC1(c2ccco2)NC(=O)N(CC(=O)N2c3ccccc3CCc3ccccc32)C1=O. The number of rotatable bonds is 3. The summed E-state index contributed by atoms with van der Waals surface area (Å²) in [5.74, 6) is -0.544. The van der Waals surface area contributed by atoms with Crippen LogP contribution in [0, 0.1) is 0 Å². The van der Waals surface area contributed by atoms with E-state index in [0.29, 0.717) is 5.76 Å². The number of carbonyl (C=O) groups excluding carboxylic acids is 3. The fourth-order valence-electron chi connectivity index (χ4n) is 4.33. The third-order valence-corrected chi connectivity index (χ3v) is 5.96. The summed E-state index contributed by atoms with van der Waals surface area (Å²) < 4.78 is 5.36. The normalized spacial score (nSPS) is 20.2. The number of hydrogen-bond donors (Lipinski definition) is 1. The first-order valence-electron chi connectivity index (χ1n) is 10.2. The van der Waals surface area contributed by atoms with Crippen molar-refractivity contribution in [2.45, 2.75) is 25.3 Å².